The quantitative estimate of drug-likeness (QED) is 0.239. The molecule has 120 valence electrons. The molecule has 0 aliphatic heterocycles. The van der Waals surface area contributed by atoms with Crippen LogP contribution < -0.4 is 0 Å². The molecule has 0 aliphatic rings. The molecular weight excluding hydrogens is 339 g/mol. The molecule has 0 amide bonds. The second kappa shape index (κ2) is 8.52. The summed E-state index contributed by atoms with van der Waals surface area (Å²) in [6.45, 7) is 17.7. The van der Waals surface area contributed by atoms with E-state index >= 15 is 0 Å². The summed E-state index contributed by atoms with van der Waals surface area (Å²) in [7, 11) is 0. The van der Waals surface area contributed by atoms with E-state index in [-0.39, 0.29) is 0 Å². The van der Waals surface area contributed by atoms with Crippen LogP contribution in [0.3, 0.4) is 0 Å². The van der Waals surface area contributed by atoms with Gasteiger partial charge < -0.3 is 0 Å². The Morgan fingerprint density at radius 1 is 0.800 bits per heavy atom. The molecule has 0 spiro atoms. The molecule has 0 radical (unpaired) electrons. The average Bonchev–Trinajstić information content (AvgIpc) is 2.42. The predicted molar refractivity (Wildman–Crippen MR) is 93.8 cm³/mol. The molecule has 0 aromatic carbocycles. The third kappa shape index (κ3) is 3.13. The molecule has 0 bridgehead atoms. The number of halogens is 1. The van der Waals surface area contributed by atoms with Gasteiger partial charge in [0.15, 0.2) is 0 Å². The van der Waals surface area contributed by atoms with Crippen LogP contribution in [0, 0.1) is 0 Å². The van der Waals surface area contributed by atoms with Crippen molar-refractivity contribution in [3.05, 3.63) is 10.4 Å². The Morgan fingerprint density at radius 3 is 1.20 bits per heavy atom. The minimum atomic E-state index is -3.16. The van der Waals surface area contributed by atoms with Crippen LogP contribution >= 0.6 is 21.4 Å². The van der Waals surface area contributed by atoms with Crippen LogP contribution in [0.15, 0.2) is 4.88 Å². The van der Waals surface area contributed by atoms with E-state index in [9.17, 15) is 5.53 Å². The van der Waals surface area contributed by atoms with Crippen LogP contribution in [0.1, 0.15) is 41.5 Å². The van der Waals surface area contributed by atoms with Gasteiger partial charge in [0.1, 0.15) is 0 Å². The van der Waals surface area contributed by atoms with Gasteiger partial charge in [-0.25, -0.2) is 0 Å². The summed E-state index contributed by atoms with van der Waals surface area (Å²) in [5.74, 6) is -3.16. The van der Waals surface area contributed by atoms with Crippen LogP contribution in [0.25, 0.3) is 10.4 Å². The summed E-state index contributed by atoms with van der Waals surface area (Å²) in [4.78, 5) is 7.66. The number of hydrogen-bond acceptors (Lipinski definition) is 4. The first-order chi connectivity index (χ1) is 9.44. The zero-order valence-corrected chi connectivity index (χ0v) is 16.2. The van der Waals surface area contributed by atoms with E-state index in [0.29, 0.717) is 0 Å². The zero-order valence-electron chi connectivity index (χ0n) is 13.8. The Balaban J connectivity index is 6.38. The Kier molecular flexibility index (Phi) is 8.56. The SMILES string of the molecule is CCN(CC)P(Br)(N=[N+]=[N-])(N(CC)CC)N(CC)CC. The summed E-state index contributed by atoms with van der Waals surface area (Å²) in [5.41, 5.74) is 9.27. The number of nitrogens with zero attached hydrogens (tertiary/aromatic N) is 6. The van der Waals surface area contributed by atoms with Crippen molar-refractivity contribution in [1.29, 1.82) is 0 Å². The van der Waals surface area contributed by atoms with E-state index in [1.807, 2.05) is 0 Å². The van der Waals surface area contributed by atoms with Crippen LogP contribution in [-0.4, -0.2) is 53.3 Å². The molecule has 0 rings (SSSR count). The molecule has 0 saturated heterocycles. The first-order valence-corrected chi connectivity index (χ1v) is 11.6. The molecule has 0 aromatic rings. The van der Waals surface area contributed by atoms with Crippen molar-refractivity contribution in [3.63, 3.8) is 0 Å². The van der Waals surface area contributed by atoms with Gasteiger partial charge in [-0.1, -0.05) is 0 Å². The molecule has 0 aromatic heterocycles. The van der Waals surface area contributed by atoms with E-state index in [1.165, 1.54) is 0 Å². The van der Waals surface area contributed by atoms with Crippen LogP contribution in [0.4, 0.5) is 0 Å². The topological polar surface area (TPSA) is 58.5 Å². The fourth-order valence-corrected chi connectivity index (χ4v) is 11.6. The van der Waals surface area contributed by atoms with E-state index < -0.39 is 5.91 Å². The number of hydrogen-bond donors (Lipinski definition) is 0. The standard InChI is InChI=1S/C12H30BrN6P/c1-7-17(8-2)20(13,16-15-14,18(9-3)10-4)19(11-5)12-6/h7-12H2,1-6H3. The molecule has 0 unspecified atom stereocenters. The van der Waals surface area contributed by atoms with Crippen LogP contribution in [-0.2, 0) is 0 Å². The van der Waals surface area contributed by atoms with Crippen molar-refractivity contribution in [2.75, 3.05) is 39.3 Å². The normalized spacial score (nSPS) is 14.4. The molecule has 0 fully saturated rings. The van der Waals surface area contributed by atoms with E-state index in [0.717, 1.165) is 39.3 Å². The first-order valence-electron chi connectivity index (χ1n) is 7.51. The second-order valence-corrected chi connectivity index (χ2v) is 11.8. The fourth-order valence-electron chi connectivity index (χ4n) is 2.91. The molecular formula is C12H30BrN6P. The molecule has 0 N–H and O–H groups in total. The average molecular weight is 369 g/mol. The van der Waals surface area contributed by atoms with Crippen molar-refractivity contribution in [2.24, 2.45) is 4.88 Å². The van der Waals surface area contributed by atoms with Gasteiger partial charge in [0, 0.05) is 0 Å². The number of azide groups is 1. The van der Waals surface area contributed by atoms with Gasteiger partial charge in [0.05, 0.1) is 0 Å². The van der Waals surface area contributed by atoms with Crippen LogP contribution in [0.2, 0.25) is 0 Å². The van der Waals surface area contributed by atoms with Gasteiger partial charge in [-0.15, -0.1) is 0 Å². The van der Waals surface area contributed by atoms with Gasteiger partial charge in [0.2, 0.25) is 0 Å². The predicted octanol–water partition coefficient (Wildman–Crippen LogP) is 4.85. The molecule has 0 heterocycles. The summed E-state index contributed by atoms with van der Waals surface area (Å²) in [5, 5.41) is 0. The van der Waals surface area contributed by atoms with Crippen molar-refractivity contribution < 1.29 is 0 Å². The van der Waals surface area contributed by atoms with Gasteiger partial charge in [-0.05, 0) is 0 Å². The van der Waals surface area contributed by atoms with E-state index in [2.05, 4.69) is 80.8 Å². The molecule has 0 saturated carbocycles. The van der Waals surface area contributed by atoms with Crippen molar-refractivity contribution in [1.82, 2.24) is 14.0 Å². The molecule has 6 nitrogen and oxygen atoms in total. The van der Waals surface area contributed by atoms with Crippen molar-refractivity contribution >= 4 is 21.4 Å². The molecule has 8 heteroatoms. The molecule has 0 atom stereocenters. The zero-order chi connectivity index (χ0) is 15.8. The van der Waals surface area contributed by atoms with Crippen LogP contribution in [0.5, 0.6) is 0 Å². The summed E-state index contributed by atoms with van der Waals surface area (Å²) >= 11 is 4.00. The monoisotopic (exact) mass is 368 g/mol. The third-order valence-electron chi connectivity index (χ3n) is 3.84. The van der Waals surface area contributed by atoms with Gasteiger partial charge in [-0.2, -0.15) is 0 Å². The Hall–Kier alpha value is 0.1000. The maximum atomic E-state index is 9.27. The van der Waals surface area contributed by atoms with E-state index in [1.54, 1.807) is 0 Å². The summed E-state index contributed by atoms with van der Waals surface area (Å²) < 4.78 is 6.89. The third-order valence-corrected chi connectivity index (χ3v) is 13.3. The number of rotatable bonds is 10. The van der Waals surface area contributed by atoms with Crippen molar-refractivity contribution in [3.8, 4) is 0 Å². The van der Waals surface area contributed by atoms with Gasteiger partial charge >= 0.3 is 132 Å². The van der Waals surface area contributed by atoms with Gasteiger partial charge in [-0.3, -0.25) is 0 Å². The second-order valence-electron chi connectivity index (χ2n) is 4.43. The Labute approximate surface area is 132 Å². The molecule has 20 heavy (non-hydrogen) atoms. The van der Waals surface area contributed by atoms with E-state index in [4.69, 9.17) is 0 Å². The first kappa shape index (κ1) is 20.1. The van der Waals surface area contributed by atoms with Crippen molar-refractivity contribution in [2.45, 2.75) is 41.5 Å². The van der Waals surface area contributed by atoms with Gasteiger partial charge in [0.25, 0.3) is 0 Å². The Morgan fingerprint density at radius 2 is 1.05 bits per heavy atom. The summed E-state index contributed by atoms with van der Waals surface area (Å²) in [6.07, 6.45) is 0. The summed E-state index contributed by atoms with van der Waals surface area (Å²) in [6, 6.07) is 0. The minimum absolute atomic E-state index is 0.839. The Bertz CT molecular complexity index is 301. The maximum absolute atomic E-state index is 9.27. The fraction of sp³-hybridized carbons (Fsp3) is 1.00. The molecule has 0 aliphatic carbocycles.